The molecule has 1 N–H and O–H groups in total. The van der Waals surface area contributed by atoms with E-state index in [2.05, 4.69) is 6.26 Å². The Bertz CT molecular complexity index is 571. The van der Waals surface area contributed by atoms with Crippen molar-refractivity contribution < 1.29 is 9.90 Å². The molecule has 1 aliphatic rings. The van der Waals surface area contributed by atoms with E-state index in [0.717, 1.165) is 25.7 Å². The second-order valence-electron chi connectivity index (χ2n) is 5.47. The van der Waals surface area contributed by atoms with Crippen molar-refractivity contribution in [2.24, 2.45) is 0 Å². The SMILES string of the molecule is CSC1CCC(n2c(C)c(C(=O)O)c(C)cc2=O)CC1. The van der Waals surface area contributed by atoms with Crippen LogP contribution in [0, 0.1) is 13.8 Å². The van der Waals surface area contributed by atoms with Crippen LogP contribution >= 0.6 is 11.8 Å². The number of aromatic nitrogens is 1. The first kappa shape index (κ1) is 15.2. The van der Waals surface area contributed by atoms with E-state index in [9.17, 15) is 14.7 Å². The van der Waals surface area contributed by atoms with E-state index in [-0.39, 0.29) is 17.2 Å². The molecular formula is C15H21NO3S. The smallest absolute Gasteiger partial charge is 0.337 e. The number of carbonyl (C=O) groups is 1. The van der Waals surface area contributed by atoms with Gasteiger partial charge in [-0.15, -0.1) is 0 Å². The molecule has 0 radical (unpaired) electrons. The molecular weight excluding hydrogens is 274 g/mol. The van der Waals surface area contributed by atoms with Crippen LogP contribution in [0.5, 0.6) is 0 Å². The molecule has 0 amide bonds. The van der Waals surface area contributed by atoms with Crippen LogP contribution in [0.15, 0.2) is 10.9 Å². The summed E-state index contributed by atoms with van der Waals surface area (Å²) in [6, 6.07) is 1.60. The van der Waals surface area contributed by atoms with Gasteiger partial charge in [0.2, 0.25) is 0 Å². The Balaban J connectivity index is 2.40. The Morgan fingerprint density at radius 1 is 1.30 bits per heavy atom. The van der Waals surface area contributed by atoms with Crippen LogP contribution in [0.25, 0.3) is 0 Å². The predicted octanol–water partition coefficient (Wildman–Crippen LogP) is 3.01. The average molecular weight is 295 g/mol. The van der Waals surface area contributed by atoms with Crippen LogP contribution in [-0.2, 0) is 0 Å². The van der Waals surface area contributed by atoms with Crippen LogP contribution in [0.3, 0.4) is 0 Å². The Morgan fingerprint density at radius 2 is 1.90 bits per heavy atom. The number of carboxylic acids is 1. The normalized spacial score (nSPS) is 22.8. The van der Waals surface area contributed by atoms with E-state index in [1.807, 2.05) is 11.8 Å². The summed E-state index contributed by atoms with van der Waals surface area (Å²) in [5.41, 5.74) is 1.35. The monoisotopic (exact) mass is 295 g/mol. The fraction of sp³-hybridized carbons (Fsp3) is 0.600. The van der Waals surface area contributed by atoms with Gasteiger partial charge in [0.25, 0.3) is 5.56 Å². The lowest BCUT2D eigenvalue weighted by atomic mass is 9.93. The molecule has 0 aromatic carbocycles. The van der Waals surface area contributed by atoms with E-state index in [1.54, 1.807) is 18.4 Å². The van der Waals surface area contributed by atoms with Gasteiger partial charge in [-0.05, 0) is 51.3 Å². The highest BCUT2D eigenvalue weighted by Gasteiger charge is 2.25. The third-order valence-electron chi connectivity index (χ3n) is 4.25. The number of carboxylic acid groups (broad SMARTS) is 1. The summed E-state index contributed by atoms with van der Waals surface area (Å²) >= 11 is 1.88. The minimum Gasteiger partial charge on any atom is -0.478 e. The number of nitrogens with zero attached hydrogens (tertiary/aromatic N) is 1. The highest BCUT2D eigenvalue weighted by molar-refractivity contribution is 7.99. The average Bonchev–Trinajstić information content (AvgIpc) is 2.38. The van der Waals surface area contributed by atoms with Crippen molar-refractivity contribution >= 4 is 17.7 Å². The number of hydrogen-bond acceptors (Lipinski definition) is 3. The van der Waals surface area contributed by atoms with Crippen LogP contribution in [0.1, 0.15) is 53.3 Å². The molecule has 1 saturated carbocycles. The molecule has 0 atom stereocenters. The van der Waals surface area contributed by atoms with Crippen LogP contribution in [-0.4, -0.2) is 27.1 Å². The zero-order valence-electron chi connectivity index (χ0n) is 12.2. The van der Waals surface area contributed by atoms with Crippen LogP contribution < -0.4 is 5.56 Å². The van der Waals surface area contributed by atoms with Gasteiger partial charge in [-0.1, -0.05) is 0 Å². The van der Waals surface area contributed by atoms with Crippen LogP contribution in [0.4, 0.5) is 0 Å². The zero-order valence-corrected chi connectivity index (χ0v) is 13.0. The summed E-state index contributed by atoms with van der Waals surface area (Å²) in [4.78, 5) is 23.6. The first-order chi connectivity index (χ1) is 9.45. The Morgan fingerprint density at radius 3 is 2.40 bits per heavy atom. The molecule has 2 rings (SSSR count). The molecule has 1 fully saturated rings. The number of thioether (sulfide) groups is 1. The van der Waals surface area contributed by atoms with Gasteiger partial charge < -0.3 is 9.67 Å². The van der Waals surface area contributed by atoms with Gasteiger partial charge in [-0.25, -0.2) is 4.79 Å². The van der Waals surface area contributed by atoms with Gasteiger partial charge >= 0.3 is 5.97 Å². The number of pyridine rings is 1. The van der Waals surface area contributed by atoms with E-state index in [0.29, 0.717) is 16.5 Å². The molecule has 1 heterocycles. The zero-order chi connectivity index (χ0) is 14.9. The molecule has 0 bridgehead atoms. The van der Waals surface area contributed by atoms with Crippen molar-refractivity contribution in [3.8, 4) is 0 Å². The van der Waals surface area contributed by atoms with Gasteiger partial charge in [0.15, 0.2) is 0 Å². The first-order valence-corrected chi connectivity index (χ1v) is 8.23. The van der Waals surface area contributed by atoms with Gasteiger partial charge in [-0.2, -0.15) is 11.8 Å². The lowest BCUT2D eigenvalue weighted by Crippen LogP contribution is -2.31. The number of aromatic carboxylic acids is 1. The highest BCUT2D eigenvalue weighted by atomic mass is 32.2. The van der Waals surface area contributed by atoms with E-state index >= 15 is 0 Å². The fourth-order valence-corrected chi connectivity index (χ4v) is 3.96. The van der Waals surface area contributed by atoms with Crippen molar-refractivity contribution in [2.75, 3.05) is 6.26 Å². The molecule has 20 heavy (non-hydrogen) atoms. The molecule has 1 aromatic rings. The summed E-state index contributed by atoms with van der Waals surface area (Å²) in [6.45, 7) is 3.44. The van der Waals surface area contributed by atoms with Gasteiger partial charge in [0.1, 0.15) is 0 Å². The third-order valence-corrected chi connectivity index (χ3v) is 5.39. The fourth-order valence-electron chi connectivity index (χ4n) is 3.21. The lowest BCUT2D eigenvalue weighted by Gasteiger charge is -2.30. The number of aryl methyl sites for hydroxylation is 1. The van der Waals surface area contributed by atoms with Gasteiger partial charge in [0.05, 0.1) is 5.56 Å². The largest absolute Gasteiger partial charge is 0.478 e. The molecule has 110 valence electrons. The lowest BCUT2D eigenvalue weighted by molar-refractivity contribution is 0.0693. The number of rotatable bonds is 3. The summed E-state index contributed by atoms with van der Waals surface area (Å²) in [7, 11) is 0. The summed E-state index contributed by atoms with van der Waals surface area (Å²) < 4.78 is 1.70. The molecule has 5 heteroatoms. The number of hydrogen-bond donors (Lipinski definition) is 1. The standard InChI is InChI=1S/C15H21NO3S/c1-9-8-13(17)16(10(2)14(9)15(18)19)11-4-6-12(20-3)7-5-11/h8,11-12H,4-7H2,1-3H3,(H,18,19). The van der Waals surface area contributed by atoms with Crippen molar-refractivity contribution in [3.63, 3.8) is 0 Å². The minimum absolute atomic E-state index is 0.0717. The second kappa shape index (κ2) is 6.04. The highest BCUT2D eigenvalue weighted by Crippen LogP contribution is 2.33. The van der Waals surface area contributed by atoms with E-state index in [4.69, 9.17) is 0 Å². The molecule has 0 spiro atoms. The minimum atomic E-state index is -0.952. The first-order valence-electron chi connectivity index (χ1n) is 6.94. The van der Waals surface area contributed by atoms with E-state index in [1.165, 1.54) is 6.07 Å². The molecule has 0 aliphatic heterocycles. The summed E-state index contributed by atoms with van der Waals surface area (Å²) in [6.07, 6.45) is 6.21. The Hall–Kier alpha value is -1.23. The summed E-state index contributed by atoms with van der Waals surface area (Å²) in [5.74, 6) is -0.952. The van der Waals surface area contributed by atoms with Gasteiger partial charge in [0, 0.05) is 23.1 Å². The maximum absolute atomic E-state index is 12.3. The van der Waals surface area contributed by atoms with E-state index < -0.39 is 5.97 Å². The van der Waals surface area contributed by atoms with Crippen molar-refractivity contribution in [3.05, 3.63) is 33.2 Å². The molecule has 0 unspecified atom stereocenters. The molecule has 4 nitrogen and oxygen atoms in total. The Kier molecular flexibility index (Phi) is 4.58. The molecule has 0 saturated heterocycles. The topological polar surface area (TPSA) is 59.3 Å². The molecule has 1 aliphatic carbocycles. The second-order valence-corrected chi connectivity index (χ2v) is 6.61. The van der Waals surface area contributed by atoms with Crippen molar-refractivity contribution in [1.82, 2.24) is 4.57 Å². The van der Waals surface area contributed by atoms with Crippen molar-refractivity contribution in [2.45, 2.75) is 50.8 Å². The maximum Gasteiger partial charge on any atom is 0.337 e. The van der Waals surface area contributed by atoms with Crippen molar-refractivity contribution in [1.29, 1.82) is 0 Å². The predicted molar refractivity (Wildman–Crippen MR) is 81.9 cm³/mol. The molecule has 1 aromatic heterocycles. The van der Waals surface area contributed by atoms with Crippen LogP contribution in [0.2, 0.25) is 0 Å². The summed E-state index contributed by atoms with van der Waals surface area (Å²) in [5, 5.41) is 9.99. The maximum atomic E-state index is 12.3. The quantitative estimate of drug-likeness (QED) is 0.931. The third kappa shape index (κ3) is 2.77. The van der Waals surface area contributed by atoms with Gasteiger partial charge in [-0.3, -0.25) is 4.79 Å². The Labute approximate surface area is 123 Å².